The first-order valence-electron chi connectivity index (χ1n) is 6.47. The Morgan fingerprint density at radius 2 is 1.75 bits per heavy atom. The molecule has 20 heavy (non-hydrogen) atoms. The van der Waals surface area contributed by atoms with Crippen LogP contribution in [0.5, 0.6) is 0 Å². The molecule has 0 aliphatic rings. The largest absolute Gasteiger partial charge is 0.327 e. The first kappa shape index (κ1) is 14.4. The Morgan fingerprint density at radius 3 is 2.45 bits per heavy atom. The number of rotatable bonds is 4. The molecule has 3 nitrogen and oxygen atoms in total. The molecular formula is C16H17ClN2O. The van der Waals surface area contributed by atoms with E-state index in [0.29, 0.717) is 17.3 Å². The van der Waals surface area contributed by atoms with Gasteiger partial charge in [0.05, 0.1) is 10.7 Å². The fourth-order valence-corrected chi connectivity index (χ4v) is 2.00. The number of carbonyl (C=O) groups excluding carboxylic acids is 1. The molecule has 0 aliphatic carbocycles. The molecule has 0 spiro atoms. The molecule has 0 bridgehead atoms. The molecule has 2 aromatic rings. The Labute approximate surface area is 124 Å². The molecule has 2 aromatic carbocycles. The number of nitrogens with one attached hydrogen (secondary N) is 1. The molecule has 0 saturated heterocycles. The predicted octanol–water partition coefficient (Wildman–Crippen LogP) is 4.05. The average molecular weight is 289 g/mol. The van der Waals surface area contributed by atoms with Gasteiger partial charge in [-0.1, -0.05) is 54.1 Å². The number of hydrogen-bond donors (Lipinski definition) is 1. The topological polar surface area (TPSA) is 32.3 Å². The van der Waals surface area contributed by atoms with Gasteiger partial charge in [0.15, 0.2) is 0 Å². The van der Waals surface area contributed by atoms with Gasteiger partial charge < -0.3 is 10.2 Å². The fraction of sp³-hybridized carbons (Fsp3) is 0.188. The van der Waals surface area contributed by atoms with Crippen LogP contribution in [-0.4, -0.2) is 24.5 Å². The molecule has 0 atom stereocenters. The lowest BCUT2D eigenvalue weighted by Crippen LogP contribution is -2.33. The van der Waals surface area contributed by atoms with Gasteiger partial charge in [0, 0.05) is 13.6 Å². The molecule has 4 heteroatoms. The van der Waals surface area contributed by atoms with E-state index in [9.17, 15) is 4.79 Å². The lowest BCUT2D eigenvalue weighted by molar-refractivity contribution is 0.223. The van der Waals surface area contributed by atoms with Crippen molar-refractivity contribution in [2.24, 2.45) is 0 Å². The van der Waals surface area contributed by atoms with Crippen LogP contribution in [0.4, 0.5) is 10.5 Å². The summed E-state index contributed by atoms with van der Waals surface area (Å²) in [6.07, 6.45) is 0.827. The standard InChI is InChI=1S/C16H17ClN2O/c1-19(12-11-13-7-3-2-4-8-13)16(20)18-15-10-6-5-9-14(15)17/h2-10H,11-12H2,1H3,(H,18,20). The Hall–Kier alpha value is -2.00. The Balaban J connectivity index is 1.88. The smallest absolute Gasteiger partial charge is 0.321 e. The van der Waals surface area contributed by atoms with E-state index in [2.05, 4.69) is 17.4 Å². The molecule has 0 radical (unpaired) electrons. The predicted molar refractivity (Wildman–Crippen MR) is 83.2 cm³/mol. The van der Waals surface area contributed by atoms with Gasteiger partial charge in [0.1, 0.15) is 0 Å². The van der Waals surface area contributed by atoms with Crippen molar-refractivity contribution in [3.63, 3.8) is 0 Å². The summed E-state index contributed by atoms with van der Waals surface area (Å²) in [6.45, 7) is 0.653. The van der Waals surface area contributed by atoms with E-state index in [4.69, 9.17) is 11.6 Å². The van der Waals surface area contributed by atoms with Gasteiger partial charge in [0.2, 0.25) is 0 Å². The quantitative estimate of drug-likeness (QED) is 0.904. The van der Waals surface area contributed by atoms with Crippen molar-refractivity contribution in [3.05, 3.63) is 65.2 Å². The van der Waals surface area contributed by atoms with Crippen LogP contribution in [0.3, 0.4) is 0 Å². The minimum absolute atomic E-state index is 0.158. The lowest BCUT2D eigenvalue weighted by atomic mass is 10.1. The van der Waals surface area contributed by atoms with E-state index in [-0.39, 0.29) is 6.03 Å². The van der Waals surface area contributed by atoms with E-state index in [1.807, 2.05) is 30.3 Å². The maximum Gasteiger partial charge on any atom is 0.321 e. The molecule has 2 amide bonds. The average Bonchev–Trinajstić information content (AvgIpc) is 2.48. The van der Waals surface area contributed by atoms with Crippen molar-refractivity contribution in [1.82, 2.24) is 4.90 Å². The van der Waals surface area contributed by atoms with Crippen molar-refractivity contribution >= 4 is 23.3 Å². The Morgan fingerprint density at radius 1 is 1.10 bits per heavy atom. The van der Waals surface area contributed by atoms with Crippen molar-refractivity contribution in [3.8, 4) is 0 Å². The minimum atomic E-state index is -0.158. The zero-order valence-corrected chi connectivity index (χ0v) is 12.1. The van der Waals surface area contributed by atoms with E-state index >= 15 is 0 Å². The molecule has 104 valence electrons. The molecule has 0 aliphatic heterocycles. The summed E-state index contributed by atoms with van der Waals surface area (Å²) in [5, 5.41) is 3.34. The number of carbonyl (C=O) groups is 1. The zero-order valence-electron chi connectivity index (χ0n) is 11.3. The van der Waals surface area contributed by atoms with Crippen LogP contribution in [0.1, 0.15) is 5.56 Å². The van der Waals surface area contributed by atoms with Crippen LogP contribution < -0.4 is 5.32 Å². The summed E-state index contributed by atoms with van der Waals surface area (Å²) in [5.74, 6) is 0. The highest BCUT2D eigenvalue weighted by Gasteiger charge is 2.10. The number of benzene rings is 2. The number of likely N-dealkylation sites (N-methyl/N-ethyl adjacent to an activating group) is 1. The Bertz CT molecular complexity index is 572. The molecule has 0 aromatic heterocycles. The number of hydrogen-bond acceptors (Lipinski definition) is 1. The highest BCUT2D eigenvalue weighted by atomic mass is 35.5. The van der Waals surface area contributed by atoms with E-state index in [0.717, 1.165) is 6.42 Å². The molecule has 2 rings (SSSR count). The van der Waals surface area contributed by atoms with Crippen LogP contribution >= 0.6 is 11.6 Å². The number of amides is 2. The number of halogens is 1. The SMILES string of the molecule is CN(CCc1ccccc1)C(=O)Nc1ccccc1Cl. The summed E-state index contributed by atoms with van der Waals surface area (Å²) >= 11 is 6.01. The number of anilines is 1. The minimum Gasteiger partial charge on any atom is -0.327 e. The van der Waals surface area contributed by atoms with Crippen molar-refractivity contribution < 1.29 is 4.79 Å². The summed E-state index contributed by atoms with van der Waals surface area (Å²) in [4.78, 5) is 13.7. The zero-order chi connectivity index (χ0) is 14.4. The van der Waals surface area contributed by atoms with E-state index in [1.165, 1.54) is 5.56 Å². The van der Waals surface area contributed by atoms with Crippen LogP contribution in [0.2, 0.25) is 5.02 Å². The number of urea groups is 1. The highest BCUT2D eigenvalue weighted by molar-refractivity contribution is 6.33. The molecular weight excluding hydrogens is 272 g/mol. The highest BCUT2D eigenvalue weighted by Crippen LogP contribution is 2.20. The summed E-state index contributed by atoms with van der Waals surface area (Å²) < 4.78 is 0. The Kier molecular flexibility index (Phi) is 5.02. The lowest BCUT2D eigenvalue weighted by Gasteiger charge is -2.18. The van der Waals surface area contributed by atoms with Gasteiger partial charge in [-0.25, -0.2) is 4.79 Å². The van der Waals surface area contributed by atoms with Crippen molar-refractivity contribution in [2.75, 3.05) is 18.9 Å². The van der Waals surface area contributed by atoms with Gasteiger partial charge in [-0.05, 0) is 24.1 Å². The fourth-order valence-electron chi connectivity index (χ4n) is 1.82. The second kappa shape index (κ2) is 6.96. The van der Waals surface area contributed by atoms with Gasteiger partial charge in [-0.3, -0.25) is 0 Å². The first-order valence-corrected chi connectivity index (χ1v) is 6.85. The molecule has 1 N–H and O–H groups in total. The maximum atomic E-state index is 12.0. The van der Waals surface area contributed by atoms with Gasteiger partial charge >= 0.3 is 6.03 Å². The summed E-state index contributed by atoms with van der Waals surface area (Å²) in [7, 11) is 1.77. The monoisotopic (exact) mass is 288 g/mol. The summed E-state index contributed by atoms with van der Waals surface area (Å²) in [5.41, 5.74) is 1.84. The van der Waals surface area contributed by atoms with Crippen molar-refractivity contribution in [2.45, 2.75) is 6.42 Å². The maximum absolute atomic E-state index is 12.0. The van der Waals surface area contributed by atoms with Gasteiger partial charge in [-0.15, -0.1) is 0 Å². The first-order chi connectivity index (χ1) is 9.66. The third-order valence-corrected chi connectivity index (χ3v) is 3.37. The number of para-hydroxylation sites is 1. The third-order valence-electron chi connectivity index (χ3n) is 3.04. The van der Waals surface area contributed by atoms with Crippen molar-refractivity contribution in [1.29, 1.82) is 0 Å². The molecule has 0 heterocycles. The van der Waals surface area contributed by atoms with Crippen LogP contribution in [-0.2, 0) is 6.42 Å². The third kappa shape index (κ3) is 4.00. The van der Waals surface area contributed by atoms with Gasteiger partial charge in [-0.2, -0.15) is 0 Å². The van der Waals surface area contributed by atoms with E-state index < -0.39 is 0 Å². The van der Waals surface area contributed by atoms with E-state index in [1.54, 1.807) is 24.1 Å². The molecule has 0 fully saturated rings. The van der Waals surface area contributed by atoms with Crippen LogP contribution in [0.25, 0.3) is 0 Å². The van der Waals surface area contributed by atoms with Crippen LogP contribution in [0, 0.1) is 0 Å². The summed E-state index contributed by atoms with van der Waals surface area (Å²) in [6, 6.07) is 17.1. The second-order valence-corrected chi connectivity index (χ2v) is 4.97. The molecule has 0 unspecified atom stereocenters. The normalized spacial score (nSPS) is 10.1. The van der Waals surface area contributed by atoms with Crippen LogP contribution in [0.15, 0.2) is 54.6 Å². The van der Waals surface area contributed by atoms with Gasteiger partial charge in [0.25, 0.3) is 0 Å². The number of nitrogens with zero attached hydrogens (tertiary/aromatic N) is 1. The second-order valence-electron chi connectivity index (χ2n) is 4.57. The molecule has 0 saturated carbocycles.